The number of hydrogen-bond donors (Lipinski definition) is 0. The molecule has 156 valence electrons. The Hall–Kier alpha value is -2.72. The SMILES string of the molecule is CCCCCCCc1ccc2cc(C#Cc3ccc(OCCCC)cc3)ccc2c1. The lowest BCUT2D eigenvalue weighted by atomic mass is 10.0. The lowest BCUT2D eigenvalue weighted by molar-refractivity contribution is 0.309. The van der Waals surface area contributed by atoms with Crippen LogP contribution in [0.5, 0.6) is 5.75 Å². The smallest absolute Gasteiger partial charge is 0.119 e. The van der Waals surface area contributed by atoms with E-state index in [0.717, 1.165) is 36.3 Å². The molecule has 3 aromatic carbocycles. The first-order chi connectivity index (χ1) is 14.8. The van der Waals surface area contributed by atoms with Gasteiger partial charge in [0, 0.05) is 11.1 Å². The van der Waals surface area contributed by atoms with Crippen molar-refractivity contribution in [2.24, 2.45) is 0 Å². The highest BCUT2D eigenvalue weighted by Crippen LogP contribution is 2.20. The van der Waals surface area contributed by atoms with Crippen molar-refractivity contribution in [2.45, 2.75) is 65.2 Å². The zero-order valence-electron chi connectivity index (χ0n) is 18.5. The molecule has 0 spiro atoms. The highest BCUT2D eigenvalue weighted by Gasteiger charge is 1.99. The molecule has 0 fully saturated rings. The van der Waals surface area contributed by atoms with E-state index in [2.05, 4.69) is 62.1 Å². The van der Waals surface area contributed by atoms with Crippen LogP contribution in [0.3, 0.4) is 0 Å². The van der Waals surface area contributed by atoms with Gasteiger partial charge < -0.3 is 4.74 Å². The maximum Gasteiger partial charge on any atom is 0.119 e. The van der Waals surface area contributed by atoms with Crippen molar-refractivity contribution in [2.75, 3.05) is 6.61 Å². The first-order valence-corrected chi connectivity index (χ1v) is 11.6. The van der Waals surface area contributed by atoms with Crippen molar-refractivity contribution < 1.29 is 4.74 Å². The van der Waals surface area contributed by atoms with Crippen LogP contribution in [0.15, 0.2) is 60.7 Å². The van der Waals surface area contributed by atoms with Crippen LogP contribution in [-0.2, 0) is 6.42 Å². The van der Waals surface area contributed by atoms with Crippen molar-refractivity contribution >= 4 is 10.8 Å². The number of benzene rings is 3. The third kappa shape index (κ3) is 6.96. The highest BCUT2D eigenvalue weighted by molar-refractivity contribution is 5.84. The predicted molar refractivity (Wildman–Crippen MR) is 129 cm³/mol. The van der Waals surface area contributed by atoms with Gasteiger partial charge in [-0.25, -0.2) is 0 Å². The molecule has 0 atom stereocenters. The lowest BCUT2D eigenvalue weighted by Crippen LogP contribution is -1.95. The van der Waals surface area contributed by atoms with Gasteiger partial charge in [-0.3, -0.25) is 0 Å². The summed E-state index contributed by atoms with van der Waals surface area (Å²) < 4.78 is 5.72. The Morgan fingerprint density at radius 2 is 1.30 bits per heavy atom. The average molecular weight is 399 g/mol. The summed E-state index contributed by atoms with van der Waals surface area (Å²) >= 11 is 0. The Labute approximate surface area is 182 Å². The van der Waals surface area contributed by atoms with Crippen molar-refractivity contribution in [3.8, 4) is 17.6 Å². The third-order valence-corrected chi connectivity index (χ3v) is 5.45. The number of ether oxygens (including phenoxy) is 1. The molecule has 0 bridgehead atoms. The molecule has 0 aliphatic heterocycles. The molecule has 0 aliphatic carbocycles. The van der Waals surface area contributed by atoms with Gasteiger partial charge in [-0.1, -0.05) is 82.1 Å². The second kappa shape index (κ2) is 12.1. The van der Waals surface area contributed by atoms with E-state index in [0.29, 0.717) is 0 Å². The second-order valence-electron chi connectivity index (χ2n) is 8.04. The second-order valence-corrected chi connectivity index (χ2v) is 8.04. The minimum atomic E-state index is 0.777. The topological polar surface area (TPSA) is 9.23 Å². The van der Waals surface area contributed by atoms with Crippen molar-refractivity contribution in [3.05, 3.63) is 77.4 Å². The molecule has 30 heavy (non-hydrogen) atoms. The molecule has 3 aromatic rings. The van der Waals surface area contributed by atoms with Crippen LogP contribution in [-0.4, -0.2) is 6.61 Å². The Morgan fingerprint density at radius 1 is 0.633 bits per heavy atom. The molecule has 0 N–H and O–H groups in total. The first kappa shape index (κ1) is 22.0. The van der Waals surface area contributed by atoms with Gasteiger partial charge in [0.2, 0.25) is 0 Å². The van der Waals surface area contributed by atoms with Crippen LogP contribution in [0.2, 0.25) is 0 Å². The zero-order chi connectivity index (χ0) is 21.0. The van der Waals surface area contributed by atoms with Gasteiger partial charge in [0.15, 0.2) is 0 Å². The summed E-state index contributed by atoms with van der Waals surface area (Å²) in [4.78, 5) is 0. The summed E-state index contributed by atoms with van der Waals surface area (Å²) in [6, 6.07) is 21.4. The summed E-state index contributed by atoms with van der Waals surface area (Å²) in [6.07, 6.45) is 10.1. The minimum absolute atomic E-state index is 0.777. The van der Waals surface area contributed by atoms with Crippen LogP contribution in [0.4, 0.5) is 0 Å². The molecule has 0 unspecified atom stereocenters. The normalized spacial score (nSPS) is 10.6. The van der Waals surface area contributed by atoms with Crippen LogP contribution in [0, 0.1) is 11.8 Å². The quantitative estimate of drug-likeness (QED) is 0.249. The number of aryl methyl sites for hydroxylation is 1. The Balaban J connectivity index is 1.60. The van der Waals surface area contributed by atoms with E-state index in [9.17, 15) is 0 Å². The molecule has 0 saturated heterocycles. The summed E-state index contributed by atoms with van der Waals surface area (Å²) in [5, 5.41) is 2.57. The Kier molecular flexibility index (Phi) is 8.85. The summed E-state index contributed by atoms with van der Waals surface area (Å²) in [5.74, 6) is 7.49. The molecular formula is C29H34O. The lowest BCUT2D eigenvalue weighted by Gasteiger charge is -2.05. The first-order valence-electron chi connectivity index (χ1n) is 11.6. The molecule has 1 nitrogen and oxygen atoms in total. The largest absolute Gasteiger partial charge is 0.494 e. The molecule has 0 amide bonds. The fraction of sp³-hybridized carbons (Fsp3) is 0.379. The zero-order valence-corrected chi connectivity index (χ0v) is 18.5. The van der Waals surface area contributed by atoms with Crippen molar-refractivity contribution in [1.29, 1.82) is 0 Å². The van der Waals surface area contributed by atoms with Crippen molar-refractivity contribution in [1.82, 2.24) is 0 Å². The van der Waals surface area contributed by atoms with Gasteiger partial charge in [-0.15, -0.1) is 0 Å². The fourth-order valence-corrected chi connectivity index (χ4v) is 3.57. The van der Waals surface area contributed by atoms with Gasteiger partial charge in [0.1, 0.15) is 5.75 Å². The Morgan fingerprint density at radius 3 is 2.10 bits per heavy atom. The van der Waals surface area contributed by atoms with E-state index in [-0.39, 0.29) is 0 Å². The molecule has 0 aromatic heterocycles. The fourth-order valence-electron chi connectivity index (χ4n) is 3.57. The standard InChI is InChI=1S/C29H34O/c1-3-5-7-8-9-10-25-13-17-28-23-26(14-18-27(28)22-25)12-11-24-15-19-29(20-16-24)30-21-6-4-2/h13-20,22-23H,3-10,21H2,1-2H3. The molecule has 0 heterocycles. The van der Waals surface area contributed by atoms with Crippen LogP contribution in [0.25, 0.3) is 10.8 Å². The van der Waals surface area contributed by atoms with E-state index in [1.807, 2.05) is 24.3 Å². The van der Waals surface area contributed by atoms with E-state index in [1.165, 1.54) is 54.9 Å². The van der Waals surface area contributed by atoms with E-state index in [4.69, 9.17) is 4.74 Å². The number of unbranched alkanes of at least 4 members (excludes halogenated alkanes) is 5. The van der Waals surface area contributed by atoms with Gasteiger partial charge in [0.05, 0.1) is 6.61 Å². The van der Waals surface area contributed by atoms with Gasteiger partial charge in [-0.2, -0.15) is 0 Å². The number of hydrogen-bond acceptors (Lipinski definition) is 1. The van der Waals surface area contributed by atoms with Crippen LogP contribution < -0.4 is 4.74 Å². The van der Waals surface area contributed by atoms with Crippen molar-refractivity contribution in [3.63, 3.8) is 0 Å². The molecule has 0 aliphatic rings. The maximum absolute atomic E-state index is 5.72. The van der Waals surface area contributed by atoms with E-state index >= 15 is 0 Å². The van der Waals surface area contributed by atoms with E-state index < -0.39 is 0 Å². The maximum atomic E-state index is 5.72. The molecule has 3 rings (SSSR count). The molecule has 0 saturated carbocycles. The minimum Gasteiger partial charge on any atom is -0.494 e. The Bertz CT molecular complexity index is 973. The van der Waals surface area contributed by atoms with Crippen LogP contribution in [0.1, 0.15) is 75.5 Å². The van der Waals surface area contributed by atoms with Gasteiger partial charge in [-0.05, 0) is 72.0 Å². The summed E-state index contributed by atoms with van der Waals surface area (Å²) in [5.41, 5.74) is 3.51. The highest BCUT2D eigenvalue weighted by atomic mass is 16.5. The summed E-state index contributed by atoms with van der Waals surface area (Å²) in [6.45, 7) is 5.21. The molecule has 1 heteroatoms. The van der Waals surface area contributed by atoms with Gasteiger partial charge >= 0.3 is 0 Å². The summed E-state index contributed by atoms with van der Waals surface area (Å²) in [7, 11) is 0. The van der Waals surface area contributed by atoms with Crippen LogP contribution >= 0.6 is 0 Å². The van der Waals surface area contributed by atoms with E-state index in [1.54, 1.807) is 0 Å². The number of fused-ring (bicyclic) bond motifs is 1. The third-order valence-electron chi connectivity index (χ3n) is 5.45. The average Bonchev–Trinajstić information content (AvgIpc) is 2.78. The van der Waals surface area contributed by atoms with Gasteiger partial charge in [0.25, 0.3) is 0 Å². The predicted octanol–water partition coefficient (Wildman–Crippen LogP) is 7.93. The molecular weight excluding hydrogens is 364 g/mol. The number of rotatable bonds is 10. The monoisotopic (exact) mass is 398 g/mol. The molecule has 0 radical (unpaired) electrons.